The normalized spacial score (nSPS) is 17.3. The van der Waals surface area contributed by atoms with Gasteiger partial charge in [-0.25, -0.2) is 9.79 Å². The highest BCUT2D eigenvalue weighted by Gasteiger charge is 2.38. The van der Waals surface area contributed by atoms with Gasteiger partial charge in [0.2, 0.25) is 0 Å². The quantitative estimate of drug-likeness (QED) is 0.337. The smallest absolute Gasteiger partial charge is 0.475 e. The molecule has 2 aliphatic rings. The van der Waals surface area contributed by atoms with Crippen LogP contribution in [0.5, 0.6) is 0 Å². The number of rotatable bonds is 4. The minimum absolute atomic E-state index is 0.283. The molecule has 42 heavy (non-hydrogen) atoms. The Morgan fingerprint density at radius 2 is 1.81 bits per heavy atom. The fourth-order valence-electron chi connectivity index (χ4n) is 3.92. The average Bonchev–Trinajstić information content (AvgIpc) is 3.28. The number of hydrogen-bond acceptors (Lipinski definition) is 8. The van der Waals surface area contributed by atoms with Gasteiger partial charge in [0.25, 0.3) is 11.8 Å². The average molecular weight is 642 g/mol. The van der Waals surface area contributed by atoms with Crippen molar-refractivity contribution in [2.24, 2.45) is 10.7 Å². The number of anilines is 1. The maximum Gasteiger partial charge on any atom is 0.490 e. The largest absolute Gasteiger partial charge is 0.490 e. The van der Waals surface area contributed by atoms with Gasteiger partial charge in [-0.15, -0.1) is 0 Å². The van der Waals surface area contributed by atoms with Gasteiger partial charge in [-0.2, -0.15) is 13.2 Å². The number of primary amides is 1. The molecule has 0 atom stereocenters. The van der Waals surface area contributed by atoms with Gasteiger partial charge >= 0.3 is 12.1 Å². The zero-order valence-electron chi connectivity index (χ0n) is 21.2. The van der Waals surface area contributed by atoms with E-state index in [1.54, 1.807) is 24.3 Å². The van der Waals surface area contributed by atoms with E-state index in [-0.39, 0.29) is 5.91 Å². The van der Waals surface area contributed by atoms with E-state index >= 15 is 0 Å². The van der Waals surface area contributed by atoms with Crippen LogP contribution in [0.3, 0.4) is 0 Å². The van der Waals surface area contributed by atoms with E-state index in [2.05, 4.69) is 20.2 Å². The number of carbonyl (C=O) groups excluding carboxylic acids is 2. The fourth-order valence-corrected chi connectivity index (χ4v) is 5.23. The molecule has 2 saturated heterocycles. The van der Waals surface area contributed by atoms with Crippen molar-refractivity contribution in [2.75, 3.05) is 31.2 Å². The van der Waals surface area contributed by atoms with Gasteiger partial charge < -0.3 is 25.8 Å². The Hall–Kier alpha value is -3.85. The lowest BCUT2D eigenvalue weighted by Crippen LogP contribution is -2.37. The number of carboxylic acid groups (broad SMARTS) is 1. The van der Waals surface area contributed by atoms with E-state index in [1.807, 2.05) is 18.2 Å². The number of morpholine rings is 1. The molecule has 2 aliphatic heterocycles. The molecule has 2 fully saturated rings. The van der Waals surface area contributed by atoms with Crippen LogP contribution in [0.1, 0.15) is 15.9 Å². The monoisotopic (exact) mass is 641 g/mol. The molecule has 1 aromatic heterocycles. The van der Waals surface area contributed by atoms with Gasteiger partial charge in [0, 0.05) is 24.7 Å². The van der Waals surface area contributed by atoms with E-state index in [1.165, 1.54) is 18.0 Å². The highest BCUT2D eigenvalue weighted by atomic mass is 35.5. The predicted molar refractivity (Wildman–Crippen MR) is 154 cm³/mol. The van der Waals surface area contributed by atoms with Gasteiger partial charge in [-0.05, 0) is 47.7 Å². The van der Waals surface area contributed by atoms with Crippen molar-refractivity contribution in [3.63, 3.8) is 0 Å². The minimum atomic E-state index is -5.08. The van der Waals surface area contributed by atoms with Crippen molar-refractivity contribution >= 4 is 86.3 Å². The summed E-state index contributed by atoms with van der Waals surface area (Å²) in [4.78, 5) is 45.1. The van der Waals surface area contributed by atoms with Crippen molar-refractivity contribution in [2.45, 2.75) is 6.18 Å². The highest BCUT2D eigenvalue weighted by Crippen LogP contribution is 2.36. The fraction of sp³-hybridized carbons (Fsp3) is 0.192. The summed E-state index contributed by atoms with van der Waals surface area (Å²) in [5.74, 6) is -3.59. The summed E-state index contributed by atoms with van der Waals surface area (Å²) in [5, 5.41) is 11.8. The van der Waals surface area contributed by atoms with Crippen LogP contribution in [0, 0.1) is 0 Å². The molecule has 0 spiro atoms. The van der Waals surface area contributed by atoms with Crippen LogP contribution in [0.4, 0.5) is 24.5 Å². The Bertz CT molecular complexity index is 1610. The molecule has 3 heterocycles. The first-order valence-corrected chi connectivity index (χ1v) is 13.5. The highest BCUT2D eigenvalue weighted by molar-refractivity contribution is 8.18. The van der Waals surface area contributed by atoms with Crippen molar-refractivity contribution in [1.29, 1.82) is 0 Å². The van der Waals surface area contributed by atoms with Crippen LogP contribution >= 0.6 is 35.0 Å². The lowest BCUT2D eigenvalue weighted by molar-refractivity contribution is -0.192. The van der Waals surface area contributed by atoms with Crippen LogP contribution < -0.4 is 16.0 Å². The summed E-state index contributed by atoms with van der Waals surface area (Å²) in [6.07, 6.45) is -1.81. The number of carbonyl (C=O) groups is 3. The Morgan fingerprint density at radius 1 is 1.17 bits per heavy atom. The molecule has 2 amide bonds. The first-order chi connectivity index (χ1) is 19.8. The number of aliphatic carboxylic acids is 1. The van der Waals surface area contributed by atoms with Gasteiger partial charge in [0.15, 0.2) is 5.17 Å². The second kappa shape index (κ2) is 13.0. The zero-order chi connectivity index (χ0) is 30.6. The van der Waals surface area contributed by atoms with Gasteiger partial charge in [-0.1, -0.05) is 35.3 Å². The number of alkyl halides is 3. The summed E-state index contributed by atoms with van der Waals surface area (Å²) in [6, 6.07) is 10.7. The molecule has 5 rings (SSSR count). The molecule has 0 bridgehead atoms. The summed E-state index contributed by atoms with van der Waals surface area (Å²) in [7, 11) is 0. The van der Waals surface area contributed by atoms with Gasteiger partial charge in [-0.3, -0.25) is 14.6 Å². The number of benzene rings is 2. The summed E-state index contributed by atoms with van der Waals surface area (Å²) in [6.45, 7) is 2.38. The molecule has 16 heteroatoms. The van der Waals surface area contributed by atoms with Crippen molar-refractivity contribution in [1.82, 2.24) is 10.3 Å². The number of ether oxygens (including phenoxy) is 1. The van der Waals surface area contributed by atoms with Gasteiger partial charge in [0.1, 0.15) is 5.69 Å². The third-order valence-corrected chi connectivity index (χ3v) is 7.32. The molecule has 0 unspecified atom stereocenters. The number of thioether (sulfide) groups is 1. The van der Waals surface area contributed by atoms with E-state index in [9.17, 15) is 22.8 Å². The summed E-state index contributed by atoms with van der Waals surface area (Å²) in [5.41, 5.74) is 8.62. The zero-order valence-corrected chi connectivity index (χ0v) is 23.6. The lowest BCUT2D eigenvalue weighted by atomic mass is 10.0. The number of amides is 2. The van der Waals surface area contributed by atoms with E-state index < -0.39 is 18.1 Å². The van der Waals surface area contributed by atoms with Crippen LogP contribution in [-0.4, -0.2) is 65.5 Å². The predicted octanol–water partition coefficient (Wildman–Crippen LogP) is 5.00. The molecule has 0 saturated carbocycles. The van der Waals surface area contributed by atoms with E-state index in [0.717, 1.165) is 22.2 Å². The number of halogens is 5. The first-order valence-electron chi connectivity index (χ1n) is 11.9. The standard InChI is InChI=1S/C24H19Cl2N5O3S.C2HF3O2/c25-16-2-1-3-17(26)20(16)29-24-30-23(33)19(35-24)11-13-4-5-18-14(10-13)21(15(12-28-18)22(27)32)31-6-8-34-9-7-31;3-2(4,5)1(6)7/h1-5,10-12H,6-9H2,(H2,27,32)(H,29,30,33);(H,6,7)/b19-11-;. The van der Waals surface area contributed by atoms with Gasteiger partial charge in [0.05, 0.1) is 44.9 Å². The molecule has 220 valence electrons. The third-order valence-electron chi connectivity index (χ3n) is 5.80. The van der Waals surface area contributed by atoms with Crippen LogP contribution in [0.25, 0.3) is 17.0 Å². The number of nitrogens with two attached hydrogens (primary N) is 1. The number of aromatic nitrogens is 1. The maximum absolute atomic E-state index is 12.6. The van der Waals surface area contributed by atoms with Crippen LogP contribution in [0.15, 0.2) is 52.5 Å². The van der Waals surface area contributed by atoms with Crippen molar-refractivity contribution in [3.05, 3.63) is 68.7 Å². The second-order valence-corrected chi connectivity index (χ2v) is 10.5. The number of para-hydroxylation sites is 1. The molecule has 10 nitrogen and oxygen atoms in total. The summed E-state index contributed by atoms with van der Waals surface area (Å²) < 4.78 is 37.2. The van der Waals surface area contributed by atoms with Crippen LogP contribution in [-0.2, 0) is 14.3 Å². The van der Waals surface area contributed by atoms with Crippen molar-refractivity contribution < 1.29 is 37.4 Å². The lowest BCUT2D eigenvalue weighted by Gasteiger charge is -2.31. The number of pyridine rings is 1. The second-order valence-electron chi connectivity index (χ2n) is 8.62. The number of carboxylic acids is 1. The molecule has 2 aromatic carbocycles. The van der Waals surface area contributed by atoms with Crippen molar-refractivity contribution in [3.8, 4) is 0 Å². The number of nitrogens with one attached hydrogen (secondary N) is 1. The number of amidine groups is 1. The third kappa shape index (κ3) is 7.31. The minimum Gasteiger partial charge on any atom is -0.475 e. The number of aliphatic imine (C=N–C) groups is 1. The maximum atomic E-state index is 12.6. The Labute approximate surface area is 250 Å². The molecule has 3 aromatic rings. The Balaban J connectivity index is 0.000000517. The molecule has 0 aliphatic carbocycles. The van der Waals surface area contributed by atoms with E-state index in [4.69, 9.17) is 43.6 Å². The van der Waals surface area contributed by atoms with Crippen LogP contribution in [0.2, 0.25) is 10.0 Å². The molecular weight excluding hydrogens is 622 g/mol. The Kier molecular flexibility index (Phi) is 9.61. The number of nitrogens with zero attached hydrogens (tertiary/aromatic N) is 3. The number of hydrogen-bond donors (Lipinski definition) is 3. The Morgan fingerprint density at radius 3 is 2.40 bits per heavy atom. The summed E-state index contributed by atoms with van der Waals surface area (Å²) >= 11 is 13.6. The topological polar surface area (TPSA) is 147 Å². The molecule has 0 radical (unpaired) electrons. The number of fused-ring (bicyclic) bond motifs is 1. The van der Waals surface area contributed by atoms with E-state index in [0.29, 0.717) is 57.7 Å². The SMILES string of the molecule is NC(=O)c1cnc2ccc(/C=C3\SC(=Nc4c(Cl)cccc4Cl)NC3=O)cc2c1N1CCOCC1.O=C(O)C(F)(F)F. The first kappa shape index (κ1) is 31.1. The molecular formula is C26H20Cl2F3N5O5S. The molecule has 4 N–H and O–H groups in total.